The standard InChI is InChI=1S/C14H16F2N2O3/c1-8-6-18(7-9(2)21-8)14(20)13(19)17-12-10(15)4-3-5-11(12)16/h3-5,8-9H,6-7H2,1-2H3,(H,17,19). The number of nitrogens with one attached hydrogen (secondary N) is 1. The molecule has 114 valence electrons. The van der Waals surface area contributed by atoms with Crippen LogP contribution < -0.4 is 5.32 Å². The van der Waals surface area contributed by atoms with Crippen molar-refractivity contribution in [2.75, 3.05) is 18.4 Å². The molecule has 1 heterocycles. The third-order valence-electron chi connectivity index (χ3n) is 3.10. The molecule has 0 spiro atoms. The van der Waals surface area contributed by atoms with E-state index in [-0.39, 0.29) is 25.3 Å². The summed E-state index contributed by atoms with van der Waals surface area (Å²) in [6.07, 6.45) is -0.397. The fourth-order valence-electron chi connectivity index (χ4n) is 2.27. The number of benzene rings is 1. The minimum atomic E-state index is -1.07. The van der Waals surface area contributed by atoms with Gasteiger partial charge >= 0.3 is 11.8 Å². The molecule has 1 aliphatic heterocycles. The fraction of sp³-hybridized carbons (Fsp3) is 0.429. The number of nitrogens with zero attached hydrogens (tertiary/aromatic N) is 1. The highest BCUT2D eigenvalue weighted by atomic mass is 19.1. The van der Waals surface area contributed by atoms with Crippen LogP contribution in [0.4, 0.5) is 14.5 Å². The van der Waals surface area contributed by atoms with Crippen LogP contribution in [0, 0.1) is 11.6 Å². The molecule has 0 radical (unpaired) electrons. The Morgan fingerprint density at radius 3 is 2.24 bits per heavy atom. The highest BCUT2D eigenvalue weighted by Gasteiger charge is 2.30. The molecule has 7 heteroatoms. The highest BCUT2D eigenvalue weighted by molar-refractivity contribution is 6.39. The van der Waals surface area contributed by atoms with Gasteiger partial charge in [0.1, 0.15) is 17.3 Å². The lowest BCUT2D eigenvalue weighted by atomic mass is 10.2. The number of hydrogen-bond acceptors (Lipinski definition) is 3. The summed E-state index contributed by atoms with van der Waals surface area (Å²) in [5.74, 6) is -3.76. The first-order valence-electron chi connectivity index (χ1n) is 6.58. The average Bonchev–Trinajstić information content (AvgIpc) is 2.41. The zero-order chi connectivity index (χ0) is 15.6. The quantitative estimate of drug-likeness (QED) is 0.800. The number of para-hydroxylation sites is 1. The molecule has 1 saturated heterocycles. The molecule has 1 aromatic carbocycles. The Balaban J connectivity index is 2.08. The molecule has 21 heavy (non-hydrogen) atoms. The van der Waals surface area contributed by atoms with Crippen molar-refractivity contribution in [3.8, 4) is 0 Å². The van der Waals surface area contributed by atoms with Gasteiger partial charge in [-0.05, 0) is 26.0 Å². The Bertz CT molecular complexity index is 535. The Labute approximate surface area is 120 Å². The molecule has 0 bridgehead atoms. The molecule has 0 saturated carbocycles. The summed E-state index contributed by atoms with van der Waals surface area (Å²) < 4.78 is 32.3. The molecule has 0 aromatic heterocycles. The lowest BCUT2D eigenvalue weighted by molar-refractivity contribution is -0.151. The summed E-state index contributed by atoms with van der Waals surface area (Å²) in [6, 6.07) is 3.18. The molecule has 1 aromatic rings. The van der Waals surface area contributed by atoms with E-state index in [1.54, 1.807) is 13.8 Å². The zero-order valence-corrected chi connectivity index (χ0v) is 11.7. The van der Waals surface area contributed by atoms with Crippen molar-refractivity contribution >= 4 is 17.5 Å². The van der Waals surface area contributed by atoms with E-state index < -0.39 is 29.1 Å². The van der Waals surface area contributed by atoms with Gasteiger partial charge in [0, 0.05) is 13.1 Å². The second kappa shape index (κ2) is 6.17. The van der Waals surface area contributed by atoms with Gasteiger partial charge < -0.3 is 15.0 Å². The van der Waals surface area contributed by atoms with Gasteiger partial charge in [-0.1, -0.05) is 6.07 Å². The van der Waals surface area contributed by atoms with Crippen LogP contribution in [-0.2, 0) is 14.3 Å². The van der Waals surface area contributed by atoms with Crippen molar-refractivity contribution in [2.24, 2.45) is 0 Å². The number of amides is 2. The number of carbonyl (C=O) groups is 2. The third-order valence-corrected chi connectivity index (χ3v) is 3.10. The maximum absolute atomic E-state index is 13.4. The second-order valence-electron chi connectivity index (χ2n) is 5.02. The summed E-state index contributed by atoms with van der Waals surface area (Å²) in [4.78, 5) is 25.2. The Morgan fingerprint density at radius 2 is 1.71 bits per heavy atom. The van der Waals surface area contributed by atoms with Crippen molar-refractivity contribution in [2.45, 2.75) is 26.1 Å². The van der Waals surface area contributed by atoms with Gasteiger partial charge in [0.15, 0.2) is 0 Å². The second-order valence-corrected chi connectivity index (χ2v) is 5.02. The molecule has 2 unspecified atom stereocenters. The van der Waals surface area contributed by atoms with Gasteiger partial charge in [-0.2, -0.15) is 0 Å². The minimum absolute atomic E-state index is 0.198. The monoisotopic (exact) mass is 298 g/mol. The number of hydrogen-bond donors (Lipinski definition) is 1. The SMILES string of the molecule is CC1CN(C(=O)C(=O)Nc2c(F)cccc2F)CC(C)O1. The molecule has 5 nitrogen and oxygen atoms in total. The van der Waals surface area contributed by atoms with E-state index in [0.717, 1.165) is 12.1 Å². The Hall–Kier alpha value is -2.02. The molecule has 1 aliphatic rings. The van der Waals surface area contributed by atoms with Crippen molar-refractivity contribution in [1.29, 1.82) is 0 Å². The van der Waals surface area contributed by atoms with Crippen LogP contribution in [0.1, 0.15) is 13.8 Å². The number of halogens is 2. The number of ether oxygens (including phenoxy) is 1. The molecule has 1 N–H and O–H groups in total. The third kappa shape index (κ3) is 3.55. The predicted molar refractivity (Wildman–Crippen MR) is 71.6 cm³/mol. The molecular formula is C14H16F2N2O3. The van der Waals surface area contributed by atoms with E-state index in [1.165, 1.54) is 11.0 Å². The van der Waals surface area contributed by atoms with Crippen LogP contribution in [0.2, 0.25) is 0 Å². The highest BCUT2D eigenvalue weighted by Crippen LogP contribution is 2.18. The van der Waals surface area contributed by atoms with Crippen LogP contribution in [0.15, 0.2) is 18.2 Å². The summed E-state index contributed by atoms with van der Waals surface area (Å²) >= 11 is 0. The van der Waals surface area contributed by atoms with Gasteiger partial charge in [-0.15, -0.1) is 0 Å². The van der Waals surface area contributed by atoms with Crippen LogP contribution in [0.5, 0.6) is 0 Å². The molecule has 1 fully saturated rings. The molecule has 2 rings (SSSR count). The van der Waals surface area contributed by atoms with E-state index in [2.05, 4.69) is 0 Å². The average molecular weight is 298 g/mol. The van der Waals surface area contributed by atoms with Crippen molar-refractivity contribution < 1.29 is 23.1 Å². The van der Waals surface area contributed by atoms with Gasteiger partial charge in [0.05, 0.1) is 12.2 Å². The molecule has 2 atom stereocenters. The van der Waals surface area contributed by atoms with Crippen LogP contribution in [-0.4, -0.2) is 42.0 Å². The maximum atomic E-state index is 13.4. The maximum Gasteiger partial charge on any atom is 0.314 e. The topological polar surface area (TPSA) is 58.6 Å². The van der Waals surface area contributed by atoms with Gasteiger partial charge in [-0.3, -0.25) is 9.59 Å². The van der Waals surface area contributed by atoms with Crippen LogP contribution in [0.25, 0.3) is 0 Å². The first-order valence-corrected chi connectivity index (χ1v) is 6.58. The van der Waals surface area contributed by atoms with Crippen molar-refractivity contribution in [1.82, 2.24) is 4.90 Å². The van der Waals surface area contributed by atoms with E-state index in [0.29, 0.717) is 0 Å². The first-order chi connectivity index (χ1) is 9.88. The van der Waals surface area contributed by atoms with Crippen molar-refractivity contribution in [3.05, 3.63) is 29.8 Å². The summed E-state index contributed by atoms with van der Waals surface area (Å²) in [6.45, 7) is 4.08. The normalized spacial score (nSPS) is 22.0. The molecule has 0 aliphatic carbocycles. The number of anilines is 1. The van der Waals surface area contributed by atoms with E-state index in [1.807, 2.05) is 5.32 Å². The lowest BCUT2D eigenvalue weighted by Crippen LogP contribution is -2.51. The fourth-order valence-corrected chi connectivity index (χ4v) is 2.27. The number of rotatable bonds is 1. The van der Waals surface area contributed by atoms with E-state index in [4.69, 9.17) is 4.74 Å². The minimum Gasteiger partial charge on any atom is -0.372 e. The smallest absolute Gasteiger partial charge is 0.314 e. The molecular weight excluding hydrogens is 282 g/mol. The first kappa shape index (κ1) is 15.4. The number of morpholine rings is 1. The number of carbonyl (C=O) groups excluding carboxylic acids is 2. The van der Waals surface area contributed by atoms with E-state index >= 15 is 0 Å². The summed E-state index contributed by atoms with van der Waals surface area (Å²) in [7, 11) is 0. The Morgan fingerprint density at radius 1 is 1.19 bits per heavy atom. The molecule has 2 amide bonds. The largest absolute Gasteiger partial charge is 0.372 e. The van der Waals surface area contributed by atoms with Crippen LogP contribution in [0.3, 0.4) is 0 Å². The lowest BCUT2D eigenvalue weighted by Gasteiger charge is -2.34. The Kier molecular flexibility index (Phi) is 4.52. The van der Waals surface area contributed by atoms with E-state index in [9.17, 15) is 18.4 Å². The van der Waals surface area contributed by atoms with Gasteiger partial charge in [0.25, 0.3) is 0 Å². The van der Waals surface area contributed by atoms with Gasteiger partial charge in [-0.25, -0.2) is 8.78 Å². The predicted octanol–water partition coefficient (Wildman–Crippen LogP) is 1.54. The van der Waals surface area contributed by atoms with Crippen molar-refractivity contribution in [3.63, 3.8) is 0 Å². The summed E-state index contributed by atoms with van der Waals surface area (Å²) in [5.41, 5.74) is -0.620. The van der Waals surface area contributed by atoms with Gasteiger partial charge in [0.2, 0.25) is 0 Å². The zero-order valence-electron chi connectivity index (χ0n) is 11.7. The van der Waals surface area contributed by atoms with Crippen LogP contribution >= 0.6 is 0 Å². The summed E-state index contributed by atoms with van der Waals surface area (Å²) in [5, 5.41) is 1.98.